The zero-order valence-electron chi connectivity index (χ0n) is 10.7. The minimum atomic E-state index is -0.624. The molecule has 0 radical (unpaired) electrons. The highest BCUT2D eigenvalue weighted by Crippen LogP contribution is 2.18. The number of halogens is 3. The molecule has 0 aromatic heterocycles. The maximum absolute atomic E-state index is 13.6. The molecule has 0 saturated heterocycles. The van der Waals surface area contributed by atoms with Crippen LogP contribution < -0.4 is 0 Å². The molecule has 0 unspecified atom stereocenters. The van der Waals surface area contributed by atoms with Crippen molar-refractivity contribution < 1.29 is 13.2 Å². The first-order valence-corrected chi connectivity index (χ1v) is 5.87. The fourth-order valence-corrected chi connectivity index (χ4v) is 1.76. The molecule has 0 amide bonds. The van der Waals surface area contributed by atoms with Gasteiger partial charge < -0.3 is 0 Å². The number of hydrogen-bond acceptors (Lipinski definition) is 0. The summed E-state index contributed by atoms with van der Waals surface area (Å²) in [6.45, 7) is 3.27. The summed E-state index contributed by atoms with van der Waals surface area (Å²) in [5, 5.41) is 0. The molecule has 0 aliphatic heterocycles. The molecular formula is C16H13F3. The van der Waals surface area contributed by atoms with Gasteiger partial charge in [-0.1, -0.05) is 18.2 Å². The highest BCUT2D eigenvalue weighted by molar-refractivity contribution is 5.70. The van der Waals surface area contributed by atoms with Gasteiger partial charge in [0, 0.05) is 5.56 Å². The van der Waals surface area contributed by atoms with Crippen molar-refractivity contribution in [2.75, 3.05) is 0 Å². The molecule has 0 aliphatic carbocycles. The number of rotatable bonds is 2. The summed E-state index contributed by atoms with van der Waals surface area (Å²) in [6, 6.07) is 7.17. The standard InChI is InChI=1S/C16H13F3/c1-10-7-15(18)13(16(19)8-10)6-5-12-4-3-11(2)14(17)9-12/h3-9H,1-2H3. The van der Waals surface area contributed by atoms with E-state index in [1.165, 1.54) is 30.4 Å². The minimum absolute atomic E-state index is 0.119. The molecule has 0 spiro atoms. The van der Waals surface area contributed by atoms with E-state index < -0.39 is 11.6 Å². The molecule has 98 valence electrons. The van der Waals surface area contributed by atoms with Gasteiger partial charge in [0.1, 0.15) is 17.5 Å². The van der Waals surface area contributed by atoms with E-state index >= 15 is 0 Å². The first-order chi connectivity index (χ1) is 8.97. The third-order valence-electron chi connectivity index (χ3n) is 2.86. The summed E-state index contributed by atoms with van der Waals surface area (Å²) in [6.07, 6.45) is 2.80. The van der Waals surface area contributed by atoms with Crippen LogP contribution in [-0.2, 0) is 0 Å². The largest absolute Gasteiger partial charge is 0.207 e. The Hall–Kier alpha value is -2.03. The summed E-state index contributed by atoms with van der Waals surface area (Å²) in [4.78, 5) is 0. The van der Waals surface area contributed by atoms with Crippen LogP contribution in [0.2, 0.25) is 0 Å². The molecular weight excluding hydrogens is 249 g/mol. The van der Waals surface area contributed by atoms with Crippen molar-refractivity contribution >= 4 is 12.2 Å². The smallest absolute Gasteiger partial charge is 0.133 e. The fraction of sp³-hybridized carbons (Fsp3) is 0.125. The predicted octanol–water partition coefficient (Wildman–Crippen LogP) is 4.89. The van der Waals surface area contributed by atoms with Gasteiger partial charge >= 0.3 is 0 Å². The SMILES string of the molecule is Cc1cc(F)c(C=Cc2ccc(C)c(F)c2)c(F)c1. The maximum Gasteiger partial charge on any atom is 0.133 e. The summed E-state index contributed by atoms with van der Waals surface area (Å²) < 4.78 is 40.5. The Labute approximate surface area is 110 Å². The Morgan fingerprint density at radius 3 is 2.00 bits per heavy atom. The number of benzene rings is 2. The molecule has 0 fully saturated rings. The van der Waals surface area contributed by atoms with E-state index in [0.717, 1.165) is 0 Å². The van der Waals surface area contributed by atoms with E-state index in [-0.39, 0.29) is 11.4 Å². The average molecular weight is 262 g/mol. The Bertz CT molecular complexity index is 619. The van der Waals surface area contributed by atoms with Crippen molar-refractivity contribution in [3.63, 3.8) is 0 Å². The lowest BCUT2D eigenvalue weighted by molar-refractivity contribution is 0.577. The second-order valence-electron chi connectivity index (χ2n) is 4.48. The zero-order chi connectivity index (χ0) is 14.0. The summed E-state index contributed by atoms with van der Waals surface area (Å²) in [5.74, 6) is -1.59. The van der Waals surface area contributed by atoms with Crippen LogP contribution in [0.3, 0.4) is 0 Å². The highest BCUT2D eigenvalue weighted by atomic mass is 19.1. The van der Waals surface area contributed by atoms with Crippen LogP contribution in [-0.4, -0.2) is 0 Å². The summed E-state index contributed by atoms with van der Waals surface area (Å²) in [5.41, 5.74) is 1.49. The van der Waals surface area contributed by atoms with E-state index in [9.17, 15) is 13.2 Å². The van der Waals surface area contributed by atoms with Crippen molar-refractivity contribution in [1.29, 1.82) is 0 Å². The van der Waals surface area contributed by atoms with Crippen molar-refractivity contribution in [3.05, 3.63) is 70.0 Å². The molecule has 0 heterocycles. The predicted molar refractivity (Wildman–Crippen MR) is 71.2 cm³/mol. The minimum Gasteiger partial charge on any atom is -0.207 e. The molecule has 2 rings (SSSR count). The van der Waals surface area contributed by atoms with E-state index in [1.807, 2.05) is 0 Å². The van der Waals surface area contributed by atoms with Crippen LogP contribution >= 0.6 is 0 Å². The van der Waals surface area contributed by atoms with Crippen molar-refractivity contribution in [1.82, 2.24) is 0 Å². The summed E-state index contributed by atoms with van der Waals surface area (Å²) in [7, 11) is 0. The van der Waals surface area contributed by atoms with E-state index in [4.69, 9.17) is 0 Å². The Balaban J connectivity index is 2.35. The zero-order valence-corrected chi connectivity index (χ0v) is 10.7. The normalized spacial score (nSPS) is 11.2. The lowest BCUT2D eigenvalue weighted by atomic mass is 10.1. The van der Waals surface area contributed by atoms with Gasteiger partial charge in [-0.15, -0.1) is 0 Å². The summed E-state index contributed by atoms with van der Waals surface area (Å²) >= 11 is 0. The molecule has 2 aromatic carbocycles. The number of aryl methyl sites for hydroxylation is 2. The molecule has 3 heteroatoms. The second kappa shape index (κ2) is 5.31. The van der Waals surface area contributed by atoms with Crippen molar-refractivity contribution in [3.8, 4) is 0 Å². The molecule has 2 aromatic rings. The van der Waals surface area contributed by atoms with Gasteiger partial charge in [-0.05, 0) is 54.8 Å². The van der Waals surface area contributed by atoms with Gasteiger partial charge in [0.05, 0.1) is 0 Å². The topological polar surface area (TPSA) is 0 Å². The van der Waals surface area contributed by atoms with Crippen LogP contribution in [0.4, 0.5) is 13.2 Å². The van der Waals surface area contributed by atoms with Gasteiger partial charge in [0.2, 0.25) is 0 Å². The molecule has 19 heavy (non-hydrogen) atoms. The van der Waals surface area contributed by atoms with Gasteiger partial charge in [-0.2, -0.15) is 0 Å². The molecule has 0 N–H and O–H groups in total. The first kappa shape index (κ1) is 13.4. The number of hydrogen-bond donors (Lipinski definition) is 0. The van der Waals surface area contributed by atoms with Crippen LogP contribution in [0.5, 0.6) is 0 Å². The highest BCUT2D eigenvalue weighted by Gasteiger charge is 2.06. The lowest BCUT2D eigenvalue weighted by Gasteiger charge is -2.02. The van der Waals surface area contributed by atoms with E-state index in [0.29, 0.717) is 16.7 Å². The van der Waals surface area contributed by atoms with Gasteiger partial charge in [0.15, 0.2) is 0 Å². The monoisotopic (exact) mass is 262 g/mol. The van der Waals surface area contributed by atoms with Crippen LogP contribution in [0.15, 0.2) is 30.3 Å². The fourth-order valence-electron chi connectivity index (χ4n) is 1.76. The third kappa shape index (κ3) is 3.05. The Morgan fingerprint density at radius 1 is 0.789 bits per heavy atom. The Kier molecular flexibility index (Phi) is 3.74. The second-order valence-corrected chi connectivity index (χ2v) is 4.48. The maximum atomic E-state index is 13.6. The molecule has 0 saturated carbocycles. The van der Waals surface area contributed by atoms with Gasteiger partial charge in [0.25, 0.3) is 0 Å². The Morgan fingerprint density at radius 2 is 1.42 bits per heavy atom. The van der Waals surface area contributed by atoms with Crippen LogP contribution in [0.25, 0.3) is 12.2 Å². The van der Waals surface area contributed by atoms with Gasteiger partial charge in [-0.25, -0.2) is 13.2 Å². The molecule has 0 nitrogen and oxygen atoms in total. The van der Waals surface area contributed by atoms with E-state index in [2.05, 4.69) is 0 Å². The van der Waals surface area contributed by atoms with Gasteiger partial charge in [-0.3, -0.25) is 0 Å². The van der Waals surface area contributed by atoms with Crippen molar-refractivity contribution in [2.24, 2.45) is 0 Å². The molecule has 0 bridgehead atoms. The molecule has 0 aliphatic rings. The quantitative estimate of drug-likeness (QED) is 0.676. The van der Waals surface area contributed by atoms with Crippen LogP contribution in [0.1, 0.15) is 22.3 Å². The first-order valence-electron chi connectivity index (χ1n) is 5.87. The molecule has 0 atom stereocenters. The lowest BCUT2D eigenvalue weighted by Crippen LogP contribution is -1.90. The van der Waals surface area contributed by atoms with E-state index in [1.54, 1.807) is 26.0 Å². The third-order valence-corrected chi connectivity index (χ3v) is 2.86. The van der Waals surface area contributed by atoms with Crippen molar-refractivity contribution in [2.45, 2.75) is 13.8 Å². The average Bonchev–Trinajstić information content (AvgIpc) is 2.32. The van der Waals surface area contributed by atoms with Crippen LogP contribution in [0, 0.1) is 31.3 Å².